The predicted octanol–water partition coefficient (Wildman–Crippen LogP) is 1.64. The molecule has 0 amide bonds. The minimum Gasteiger partial charge on any atom is -0.459 e. The van der Waals surface area contributed by atoms with Gasteiger partial charge in [-0.2, -0.15) is 0 Å². The third-order valence-corrected chi connectivity index (χ3v) is 1.31. The number of methoxy groups -OCH3 is 1. The number of carbonyl (C=O) groups excluding carboxylic acids is 1. The van der Waals surface area contributed by atoms with Crippen LogP contribution in [0.2, 0.25) is 0 Å². The highest BCUT2D eigenvalue weighted by Crippen LogP contribution is 2.09. The van der Waals surface area contributed by atoms with Gasteiger partial charge in [0, 0.05) is 7.11 Å². The summed E-state index contributed by atoms with van der Waals surface area (Å²) in [6, 6.07) is 3.60. The van der Waals surface area contributed by atoms with Crippen LogP contribution in [-0.2, 0) is 16.1 Å². The molecule has 0 fully saturated rings. The summed E-state index contributed by atoms with van der Waals surface area (Å²) in [5.41, 5.74) is 0. The van der Waals surface area contributed by atoms with Crippen LogP contribution in [0.5, 0.6) is 0 Å². The van der Waals surface area contributed by atoms with Gasteiger partial charge in [0.05, 0.1) is 0 Å². The number of carbonyl (C=O) groups is 1. The van der Waals surface area contributed by atoms with Gasteiger partial charge in [0.2, 0.25) is 0 Å². The monoisotopic (exact) mass is 166 g/mol. The molecule has 0 spiro atoms. The Bertz CT molecular complexity index is 273. The van der Waals surface area contributed by atoms with Crippen LogP contribution in [0.4, 0.5) is 0 Å². The molecule has 1 rings (SSSR count). The van der Waals surface area contributed by atoms with Crippen molar-refractivity contribution in [3.63, 3.8) is 0 Å². The normalized spacial score (nSPS) is 10.8. The summed E-state index contributed by atoms with van der Waals surface area (Å²) in [6.45, 7) is 0.453. The van der Waals surface area contributed by atoms with Crippen molar-refractivity contribution in [3.05, 3.63) is 29.7 Å². The number of allylic oxidation sites excluding steroid dienone is 1. The smallest absolute Gasteiger partial charge is 0.142 e. The zero-order valence-corrected chi connectivity index (χ0v) is 6.82. The molecule has 0 atom stereocenters. The Morgan fingerprint density at radius 3 is 3.08 bits per heavy atom. The highest BCUT2D eigenvalue weighted by atomic mass is 16.5. The highest BCUT2D eigenvalue weighted by Gasteiger charge is 1.96. The second-order valence-corrected chi connectivity index (χ2v) is 2.23. The summed E-state index contributed by atoms with van der Waals surface area (Å²) >= 11 is 0. The Kier molecular flexibility index (Phi) is 3.29. The van der Waals surface area contributed by atoms with E-state index >= 15 is 0 Å². The first kappa shape index (κ1) is 8.74. The molecule has 3 nitrogen and oxygen atoms in total. The summed E-state index contributed by atoms with van der Waals surface area (Å²) in [7, 11) is 1.60. The largest absolute Gasteiger partial charge is 0.459 e. The quantitative estimate of drug-likeness (QED) is 0.504. The van der Waals surface area contributed by atoms with Gasteiger partial charge in [-0.3, -0.25) is 4.79 Å². The van der Waals surface area contributed by atoms with E-state index in [4.69, 9.17) is 9.15 Å². The first-order valence-electron chi connectivity index (χ1n) is 3.56. The van der Waals surface area contributed by atoms with Crippen molar-refractivity contribution < 1.29 is 13.9 Å². The van der Waals surface area contributed by atoms with E-state index in [1.807, 2.05) is 6.07 Å². The number of ether oxygens (including phenoxy) is 1. The fraction of sp³-hybridized carbons (Fsp3) is 0.222. The van der Waals surface area contributed by atoms with Crippen LogP contribution < -0.4 is 0 Å². The minimum absolute atomic E-state index is 0.453. The Hall–Kier alpha value is -1.35. The van der Waals surface area contributed by atoms with Gasteiger partial charge < -0.3 is 9.15 Å². The van der Waals surface area contributed by atoms with Gasteiger partial charge in [0.1, 0.15) is 24.4 Å². The first-order chi connectivity index (χ1) is 5.86. The van der Waals surface area contributed by atoms with Crippen LogP contribution in [-0.4, -0.2) is 13.4 Å². The SMILES string of the molecule is COCc1ccc(C=CC=O)o1. The van der Waals surface area contributed by atoms with E-state index < -0.39 is 0 Å². The van der Waals surface area contributed by atoms with Crippen molar-refractivity contribution in [2.24, 2.45) is 0 Å². The molecule has 0 aliphatic rings. The Balaban J connectivity index is 2.63. The van der Waals surface area contributed by atoms with E-state index in [0.717, 1.165) is 5.76 Å². The molecule has 12 heavy (non-hydrogen) atoms. The maximum Gasteiger partial charge on any atom is 0.142 e. The lowest BCUT2D eigenvalue weighted by molar-refractivity contribution is -0.104. The molecular weight excluding hydrogens is 156 g/mol. The third kappa shape index (κ3) is 2.36. The van der Waals surface area contributed by atoms with E-state index in [2.05, 4.69) is 0 Å². The molecule has 0 unspecified atom stereocenters. The van der Waals surface area contributed by atoms with E-state index in [1.165, 1.54) is 6.08 Å². The summed E-state index contributed by atoms with van der Waals surface area (Å²) in [4.78, 5) is 9.96. The summed E-state index contributed by atoms with van der Waals surface area (Å²) in [5, 5.41) is 0. The van der Waals surface area contributed by atoms with E-state index in [1.54, 1.807) is 19.3 Å². The maximum atomic E-state index is 9.96. The van der Waals surface area contributed by atoms with Crippen LogP contribution >= 0.6 is 0 Å². The lowest BCUT2D eigenvalue weighted by atomic mass is 10.4. The van der Waals surface area contributed by atoms with Crippen molar-refractivity contribution in [2.75, 3.05) is 7.11 Å². The van der Waals surface area contributed by atoms with Crippen molar-refractivity contribution in [1.82, 2.24) is 0 Å². The predicted molar refractivity (Wildman–Crippen MR) is 44.5 cm³/mol. The fourth-order valence-corrected chi connectivity index (χ4v) is 0.838. The van der Waals surface area contributed by atoms with Gasteiger partial charge in [-0.1, -0.05) is 0 Å². The lowest BCUT2D eigenvalue weighted by Gasteiger charge is -1.90. The van der Waals surface area contributed by atoms with Crippen molar-refractivity contribution in [1.29, 1.82) is 0 Å². The van der Waals surface area contributed by atoms with Crippen LogP contribution in [0, 0.1) is 0 Å². The molecule has 0 saturated heterocycles. The van der Waals surface area contributed by atoms with Gasteiger partial charge in [0.15, 0.2) is 0 Å². The molecule has 64 valence electrons. The van der Waals surface area contributed by atoms with Gasteiger partial charge in [-0.05, 0) is 24.3 Å². The van der Waals surface area contributed by atoms with Crippen LogP contribution in [0.3, 0.4) is 0 Å². The summed E-state index contributed by atoms with van der Waals surface area (Å²) in [5.74, 6) is 1.41. The Labute approximate surface area is 70.6 Å². The average Bonchev–Trinajstić information content (AvgIpc) is 2.50. The number of aldehydes is 1. The van der Waals surface area contributed by atoms with Crippen molar-refractivity contribution >= 4 is 12.4 Å². The fourth-order valence-electron chi connectivity index (χ4n) is 0.838. The minimum atomic E-state index is 0.453. The number of furan rings is 1. The summed E-state index contributed by atoms with van der Waals surface area (Å²) in [6.07, 6.45) is 3.69. The number of hydrogen-bond acceptors (Lipinski definition) is 3. The zero-order valence-electron chi connectivity index (χ0n) is 6.82. The molecule has 0 saturated carbocycles. The molecule has 0 bridgehead atoms. The van der Waals surface area contributed by atoms with E-state index in [-0.39, 0.29) is 0 Å². The average molecular weight is 166 g/mol. The van der Waals surface area contributed by atoms with Crippen LogP contribution in [0.15, 0.2) is 22.6 Å². The molecule has 0 aliphatic carbocycles. The van der Waals surface area contributed by atoms with Crippen LogP contribution in [0.1, 0.15) is 11.5 Å². The number of hydrogen-bond donors (Lipinski definition) is 0. The van der Waals surface area contributed by atoms with Gasteiger partial charge in [0.25, 0.3) is 0 Å². The standard InChI is InChI=1S/C9H10O3/c1-11-7-9-5-4-8(12-9)3-2-6-10/h2-6H,7H2,1H3. The van der Waals surface area contributed by atoms with Crippen LogP contribution in [0.25, 0.3) is 6.08 Å². The molecule has 0 aliphatic heterocycles. The second kappa shape index (κ2) is 4.51. The number of rotatable bonds is 4. The third-order valence-electron chi connectivity index (χ3n) is 1.31. The molecule has 1 heterocycles. The molecule has 0 aromatic carbocycles. The molecule has 1 aromatic heterocycles. The van der Waals surface area contributed by atoms with E-state index in [9.17, 15) is 4.79 Å². The topological polar surface area (TPSA) is 39.4 Å². The van der Waals surface area contributed by atoms with Crippen molar-refractivity contribution in [3.8, 4) is 0 Å². The molecule has 0 N–H and O–H groups in total. The Morgan fingerprint density at radius 2 is 2.42 bits per heavy atom. The van der Waals surface area contributed by atoms with Crippen molar-refractivity contribution in [2.45, 2.75) is 6.61 Å². The zero-order chi connectivity index (χ0) is 8.81. The second-order valence-electron chi connectivity index (χ2n) is 2.23. The van der Waals surface area contributed by atoms with Gasteiger partial charge >= 0.3 is 0 Å². The highest BCUT2D eigenvalue weighted by molar-refractivity contribution is 5.72. The Morgan fingerprint density at radius 1 is 1.58 bits per heavy atom. The lowest BCUT2D eigenvalue weighted by Crippen LogP contribution is -1.81. The molecule has 3 heteroatoms. The van der Waals surface area contributed by atoms with Gasteiger partial charge in [-0.25, -0.2) is 0 Å². The van der Waals surface area contributed by atoms with Gasteiger partial charge in [-0.15, -0.1) is 0 Å². The maximum absolute atomic E-state index is 9.96. The molecule has 0 radical (unpaired) electrons. The first-order valence-corrected chi connectivity index (χ1v) is 3.56. The summed E-state index contributed by atoms with van der Waals surface area (Å²) < 4.78 is 10.1. The molecule has 1 aromatic rings. The molecular formula is C9H10O3. The van der Waals surface area contributed by atoms with E-state index in [0.29, 0.717) is 18.7 Å².